The maximum atomic E-state index is 14.7. The molecule has 6 heteroatoms. The van der Waals surface area contributed by atoms with Crippen molar-refractivity contribution in [3.8, 4) is 22.3 Å². The average Bonchev–Trinajstić information content (AvgIpc) is 3.63. The Morgan fingerprint density at radius 2 is 1.19 bits per heavy atom. The second-order valence-electron chi connectivity index (χ2n) is 8.17. The third-order valence-corrected chi connectivity index (χ3v) is 5.99. The molecule has 2 fully saturated rings. The van der Waals surface area contributed by atoms with Gasteiger partial charge in [0.1, 0.15) is 5.82 Å². The molecular formula is C25H20F4O2. The summed E-state index contributed by atoms with van der Waals surface area (Å²) >= 11 is 0. The molecule has 160 valence electrons. The summed E-state index contributed by atoms with van der Waals surface area (Å²) in [6.07, 6.45) is 2.13. The first-order valence-electron chi connectivity index (χ1n) is 10.3. The van der Waals surface area contributed by atoms with Gasteiger partial charge in [-0.25, -0.2) is 17.6 Å². The van der Waals surface area contributed by atoms with Crippen LogP contribution >= 0.6 is 0 Å². The van der Waals surface area contributed by atoms with E-state index < -0.39 is 29.6 Å². The third kappa shape index (κ3) is 4.10. The molecule has 1 saturated heterocycles. The van der Waals surface area contributed by atoms with Crippen molar-refractivity contribution in [1.82, 2.24) is 0 Å². The Morgan fingerprint density at radius 1 is 0.613 bits per heavy atom. The summed E-state index contributed by atoms with van der Waals surface area (Å²) in [4.78, 5) is 0. The molecule has 0 aromatic heterocycles. The van der Waals surface area contributed by atoms with E-state index >= 15 is 0 Å². The highest BCUT2D eigenvalue weighted by Crippen LogP contribution is 2.40. The molecule has 1 aliphatic heterocycles. The first kappa shape index (κ1) is 20.2. The van der Waals surface area contributed by atoms with Gasteiger partial charge in [0.2, 0.25) is 0 Å². The maximum absolute atomic E-state index is 14.7. The Morgan fingerprint density at radius 3 is 1.77 bits per heavy atom. The molecule has 1 aliphatic carbocycles. The summed E-state index contributed by atoms with van der Waals surface area (Å²) in [5, 5.41) is 0. The SMILES string of the molecule is Fc1cc(-c2ccc(C3OCC(C4CC4)CO3)cc2)ccc1-c1cc(F)c(F)c(F)c1. The normalized spacial score (nSPS) is 21.3. The van der Waals surface area contributed by atoms with Crippen LogP contribution < -0.4 is 0 Å². The van der Waals surface area contributed by atoms with Crippen molar-refractivity contribution in [1.29, 1.82) is 0 Å². The molecule has 3 aromatic carbocycles. The van der Waals surface area contributed by atoms with E-state index in [2.05, 4.69) is 0 Å². The van der Waals surface area contributed by atoms with Gasteiger partial charge in [0.05, 0.1) is 13.2 Å². The van der Waals surface area contributed by atoms with Crippen molar-refractivity contribution in [2.45, 2.75) is 19.1 Å². The highest BCUT2D eigenvalue weighted by Gasteiger charge is 2.35. The maximum Gasteiger partial charge on any atom is 0.194 e. The van der Waals surface area contributed by atoms with E-state index in [1.54, 1.807) is 6.07 Å². The average molecular weight is 428 g/mol. The number of rotatable bonds is 4. The zero-order chi connectivity index (χ0) is 21.5. The Balaban J connectivity index is 1.33. The highest BCUT2D eigenvalue weighted by molar-refractivity contribution is 5.71. The molecular weight excluding hydrogens is 408 g/mol. The van der Waals surface area contributed by atoms with Gasteiger partial charge in [-0.1, -0.05) is 36.4 Å². The van der Waals surface area contributed by atoms with Crippen LogP contribution in [0.3, 0.4) is 0 Å². The fraction of sp³-hybridized carbons (Fsp3) is 0.280. The van der Waals surface area contributed by atoms with Crippen LogP contribution in [0.15, 0.2) is 54.6 Å². The molecule has 1 saturated carbocycles. The predicted octanol–water partition coefficient (Wildman–Crippen LogP) is 6.65. The van der Waals surface area contributed by atoms with Gasteiger partial charge >= 0.3 is 0 Å². The molecule has 0 unspecified atom stereocenters. The minimum absolute atomic E-state index is 0.00704. The Hall–Kier alpha value is -2.70. The number of ether oxygens (including phenoxy) is 2. The number of hydrogen-bond donors (Lipinski definition) is 0. The lowest BCUT2D eigenvalue weighted by Gasteiger charge is -2.29. The molecule has 2 aliphatic rings. The topological polar surface area (TPSA) is 18.5 Å². The second kappa shape index (κ2) is 8.09. The first-order chi connectivity index (χ1) is 15.0. The van der Waals surface area contributed by atoms with Crippen LogP contribution in [0.2, 0.25) is 0 Å². The van der Waals surface area contributed by atoms with E-state index in [9.17, 15) is 17.6 Å². The molecule has 1 heterocycles. The minimum atomic E-state index is -1.57. The number of benzene rings is 3. The van der Waals surface area contributed by atoms with Crippen molar-refractivity contribution < 1.29 is 27.0 Å². The van der Waals surface area contributed by atoms with Crippen LogP contribution in [0.5, 0.6) is 0 Å². The molecule has 0 atom stereocenters. The van der Waals surface area contributed by atoms with E-state index in [-0.39, 0.29) is 11.1 Å². The Kier molecular flexibility index (Phi) is 5.28. The van der Waals surface area contributed by atoms with Crippen molar-refractivity contribution in [3.63, 3.8) is 0 Å². The molecule has 3 aromatic rings. The van der Waals surface area contributed by atoms with Gasteiger partial charge in [0, 0.05) is 17.0 Å². The van der Waals surface area contributed by atoms with Crippen molar-refractivity contribution >= 4 is 0 Å². The molecule has 5 rings (SSSR count). The van der Waals surface area contributed by atoms with Crippen LogP contribution in [-0.2, 0) is 9.47 Å². The fourth-order valence-corrected chi connectivity index (χ4v) is 4.02. The smallest absolute Gasteiger partial charge is 0.194 e. The quantitative estimate of drug-likeness (QED) is 0.342. The molecule has 0 radical (unpaired) electrons. The molecule has 2 nitrogen and oxygen atoms in total. The van der Waals surface area contributed by atoms with Crippen LogP contribution in [0, 0.1) is 35.1 Å². The monoisotopic (exact) mass is 428 g/mol. The van der Waals surface area contributed by atoms with E-state index in [1.807, 2.05) is 24.3 Å². The summed E-state index contributed by atoms with van der Waals surface area (Å²) in [5.41, 5.74) is 2.21. The summed E-state index contributed by atoms with van der Waals surface area (Å²) in [6, 6.07) is 13.4. The van der Waals surface area contributed by atoms with Crippen molar-refractivity contribution in [2.24, 2.45) is 11.8 Å². The summed E-state index contributed by atoms with van der Waals surface area (Å²) in [5.74, 6) is -3.72. The molecule has 0 N–H and O–H groups in total. The predicted molar refractivity (Wildman–Crippen MR) is 108 cm³/mol. The van der Waals surface area contributed by atoms with Crippen LogP contribution in [0.1, 0.15) is 24.7 Å². The third-order valence-electron chi connectivity index (χ3n) is 5.99. The van der Waals surface area contributed by atoms with E-state index in [1.165, 1.54) is 25.0 Å². The lowest BCUT2D eigenvalue weighted by atomic mass is 9.98. The zero-order valence-electron chi connectivity index (χ0n) is 16.6. The van der Waals surface area contributed by atoms with E-state index in [0.29, 0.717) is 24.7 Å². The van der Waals surface area contributed by atoms with Gasteiger partial charge in [-0.15, -0.1) is 0 Å². The van der Waals surface area contributed by atoms with E-state index in [4.69, 9.17) is 9.47 Å². The molecule has 0 bridgehead atoms. The van der Waals surface area contributed by atoms with Gasteiger partial charge in [-0.05, 0) is 53.6 Å². The molecule has 31 heavy (non-hydrogen) atoms. The van der Waals surface area contributed by atoms with Crippen LogP contribution in [-0.4, -0.2) is 13.2 Å². The van der Waals surface area contributed by atoms with Crippen molar-refractivity contribution in [3.05, 3.63) is 83.4 Å². The molecule has 0 amide bonds. The zero-order valence-corrected chi connectivity index (χ0v) is 16.6. The lowest BCUT2D eigenvalue weighted by molar-refractivity contribution is -0.208. The summed E-state index contributed by atoms with van der Waals surface area (Å²) < 4.78 is 66.6. The van der Waals surface area contributed by atoms with Gasteiger partial charge in [-0.3, -0.25) is 0 Å². The van der Waals surface area contributed by atoms with Crippen LogP contribution in [0.4, 0.5) is 17.6 Å². The summed E-state index contributed by atoms with van der Waals surface area (Å²) in [7, 11) is 0. The Bertz CT molecular complexity index is 1080. The van der Waals surface area contributed by atoms with Gasteiger partial charge < -0.3 is 9.47 Å². The molecule has 0 spiro atoms. The minimum Gasteiger partial charge on any atom is -0.348 e. The summed E-state index contributed by atoms with van der Waals surface area (Å²) in [6.45, 7) is 1.41. The lowest BCUT2D eigenvalue weighted by Crippen LogP contribution is -2.28. The first-order valence-corrected chi connectivity index (χ1v) is 10.3. The standard InChI is InChI=1S/C25H20F4O2/c26-21-9-17(7-8-20(21)18-10-22(27)24(29)23(28)11-18)14-3-5-16(6-4-14)25-30-12-19(13-31-25)15-1-2-15/h3-11,15,19,25H,1-2,12-13H2. The second-order valence-corrected chi connectivity index (χ2v) is 8.17. The highest BCUT2D eigenvalue weighted by atomic mass is 19.2. The number of halogens is 4. The largest absolute Gasteiger partial charge is 0.348 e. The van der Waals surface area contributed by atoms with E-state index in [0.717, 1.165) is 29.2 Å². The van der Waals surface area contributed by atoms with Crippen LogP contribution in [0.25, 0.3) is 22.3 Å². The van der Waals surface area contributed by atoms with Gasteiger partial charge in [0.25, 0.3) is 0 Å². The van der Waals surface area contributed by atoms with Crippen molar-refractivity contribution in [2.75, 3.05) is 13.2 Å². The van der Waals surface area contributed by atoms with Gasteiger partial charge in [0.15, 0.2) is 23.7 Å². The fourth-order valence-electron chi connectivity index (χ4n) is 4.02. The Labute approximate surface area is 177 Å². The number of hydrogen-bond acceptors (Lipinski definition) is 2. The van der Waals surface area contributed by atoms with Gasteiger partial charge in [-0.2, -0.15) is 0 Å².